The van der Waals surface area contributed by atoms with E-state index in [9.17, 15) is 4.79 Å². The third-order valence-corrected chi connectivity index (χ3v) is 4.20. The summed E-state index contributed by atoms with van der Waals surface area (Å²) in [6.07, 6.45) is 1.88. The number of methoxy groups -OCH3 is 1. The van der Waals surface area contributed by atoms with Gasteiger partial charge in [0.15, 0.2) is 6.10 Å². The van der Waals surface area contributed by atoms with Gasteiger partial charge >= 0.3 is 0 Å². The zero-order valence-electron chi connectivity index (χ0n) is 14.5. The molecule has 0 saturated heterocycles. The molecule has 0 saturated carbocycles. The minimum Gasteiger partial charge on any atom is -0.496 e. The van der Waals surface area contributed by atoms with Crippen molar-refractivity contribution >= 4 is 28.1 Å². The lowest BCUT2D eigenvalue weighted by molar-refractivity contribution is -0.127. The van der Waals surface area contributed by atoms with Crippen molar-refractivity contribution in [3.05, 3.63) is 58.1 Å². The highest BCUT2D eigenvalue weighted by Crippen LogP contribution is 2.24. The molecular formula is C19H21BrN2O3. The molecule has 25 heavy (non-hydrogen) atoms. The van der Waals surface area contributed by atoms with Crippen LogP contribution in [0.4, 0.5) is 0 Å². The van der Waals surface area contributed by atoms with Crippen LogP contribution in [0.1, 0.15) is 25.0 Å². The minimum atomic E-state index is -0.646. The summed E-state index contributed by atoms with van der Waals surface area (Å²) in [5.74, 6) is 1.07. The third kappa shape index (κ3) is 5.60. The lowest BCUT2D eigenvalue weighted by Gasteiger charge is -2.13. The Bertz CT molecular complexity index is 745. The molecule has 5 nitrogen and oxygen atoms in total. The van der Waals surface area contributed by atoms with Crippen LogP contribution in [0.2, 0.25) is 0 Å². The Morgan fingerprint density at radius 1 is 1.28 bits per heavy atom. The molecule has 1 atom stereocenters. The zero-order valence-corrected chi connectivity index (χ0v) is 16.0. The largest absolute Gasteiger partial charge is 0.496 e. The predicted molar refractivity (Wildman–Crippen MR) is 102 cm³/mol. The molecule has 2 aromatic rings. The molecule has 0 aromatic heterocycles. The van der Waals surface area contributed by atoms with Crippen LogP contribution in [0.5, 0.6) is 11.5 Å². The van der Waals surface area contributed by atoms with Crippen LogP contribution >= 0.6 is 15.9 Å². The van der Waals surface area contributed by atoms with Gasteiger partial charge in [0.2, 0.25) is 0 Å². The maximum absolute atomic E-state index is 12.0. The minimum absolute atomic E-state index is 0.316. The average molecular weight is 405 g/mol. The van der Waals surface area contributed by atoms with Crippen molar-refractivity contribution in [1.29, 1.82) is 0 Å². The van der Waals surface area contributed by atoms with E-state index in [-0.39, 0.29) is 5.91 Å². The summed E-state index contributed by atoms with van der Waals surface area (Å²) >= 11 is 3.40. The Hall–Kier alpha value is -2.34. The first-order valence-corrected chi connectivity index (χ1v) is 8.74. The standard InChI is InChI=1S/C19H21BrN2O3/c1-4-14-5-8-16(9-6-14)25-13(2)19(23)22-21-12-15-7-10-18(24-3)17(20)11-15/h5-13H,4H2,1-3H3,(H,22,23). The van der Waals surface area contributed by atoms with Gasteiger partial charge in [-0.3, -0.25) is 4.79 Å². The number of carbonyl (C=O) groups is 1. The van der Waals surface area contributed by atoms with E-state index in [1.807, 2.05) is 42.5 Å². The highest BCUT2D eigenvalue weighted by Gasteiger charge is 2.13. The molecule has 0 fully saturated rings. The SMILES string of the molecule is CCc1ccc(OC(C)C(=O)NN=Cc2ccc(OC)c(Br)c2)cc1. The Morgan fingerprint density at radius 3 is 2.60 bits per heavy atom. The van der Waals surface area contributed by atoms with Gasteiger partial charge in [-0.25, -0.2) is 5.43 Å². The van der Waals surface area contributed by atoms with Crippen LogP contribution in [0, 0.1) is 0 Å². The van der Waals surface area contributed by atoms with Gasteiger partial charge in [-0.15, -0.1) is 0 Å². The number of ether oxygens (including phenoxy) is 2. The maximum atomic E-state index is 12.0. The van der Waals surface area contributed by atoms with Crippen molar-refractivity contribution in [3.63, 3.8) is 0 Å². The molecule has 0 aliphatic rings. The zero-order chi connectivity index (χ0) is 18.2. The fraction of sp³-hybridized carbons (Fsp3) is 0.263. The summed E-state index contributed by atoms with van der Waals surface area (Å²) in [6.45, 7) is 3.77. The number of hydrazone groups is 1. The summed E-state index contributed by atoms with van der Waals surface area (Å²) in [4.78, 5) is 12.0. The van der Waals surface area contributed by atoms with Crippen molar-refractivity contribution in [2.45, 2.75) is 26.4 Å². The van der Waals surface area contributed by atoms with Crippen LogP contribution < -0.4 is 14.9 Å². The molecule has 0 aliphatic carbocycles. The second-order valence-electron chi connectivity index (χ2n) is 5.39. The number of aryl methyl sites for hydroxylation is 1. The van der Waals surface area contributed by atoms with Gasteiger partial charge in [0.25, 0.3) is 5.91 Å². The van der Waals surface area contributed by atoms with Crippen LogP contribution in [0.25, 0.3) is 0 Å². The van der Waals surface area contributed by atoms with Gasteiger partial charge < -0.3 is 9.47 Å². The van der Waals surface area contributed by atoms with E-state index in [2.05, 4.69) is 33.4 Å². The Morgan fingerprint density at radius 2 is 2.00 bits per heavy atom. The van der Waals surface area contributed by atoms with Crippen LogP contribution in [-0.2, 0) is 11.2 Å². The Kier molecular flexibility index (Phi) is 7.01. The molecule has 0 aliphatic heterocycles. The molecule has 0 bridgehead atoms. The number of carbonyl (C=O) groups excluding carboxylic acids is 1. The highest BCUT2D eigenvalue weighted by molar-refractivity contribution is 9.10. The summed E-state index contributed by atoms with van der Waals surface area (Å²) < 4.78 is 11.6. The Labute approximate surface area is 156 Å². The smallest absolute Gasteiger partial charge is 0.280 e. The number of hydrogen-bond acceptors (Lipinski definition) is 4. The molecular weight excluding hydrogens is 384 g/mol. The van der Waals surface area contributed by atoms with E-state index in [1.54, 1.807) is 20.2 Å². The quantitative estimate of drug-likeness (QED) is 0.561. The molecule has 1 unspecified atom stereocenters. The Balaban J connectivity index is 1.88. The molecule has 2 rings (SSSR count). The van der Waals surface area contributed by atoms with E-state index in [0.717, 1.165) is 22.2 Å². The first-order chi connectivity index (χ1) is 12.0. The molecule has 1 amide bonds. The van der Waals surface area contributed by atoms with Crippen molar-refractivity contribution in [1.82, 2.24) is 5.43 Å². The molecule has 0 radical (unpaired) electrons. The van der Waals surface area contributed by atoms with Crippen molar-refractivity contribution in [2.24, 2.45) is 5.10 Å². The normalized spacial score (nSPS) is 12.0. The second-order valence-corrected chi connectivity index (χ2v) is 6.24. The average Bonchev–Trinajstić information content (AvgIpc) is 2.62. The molecule has 132 valence electrons. The molecule has 6 heteroatoms. The number of amides is 1. The monoisotopic (exact) mass is 404 g/mol. The lowest BCUT2D eigenvalue weighted by Crippen LogP contribution is -2.33. The molecule has 2 aromatic carbocycles. The van der Waals surface area contributed by atoms with Crippen molar-refractivity contribution in [2.75, 3.05) is 7.11 Å². The van der Waals surface area contributed by atoms with Crippen LogP contribution in [0.3, 0.4) is 0 Å². The molecule has 0 heterocycles. The van der Waals surface area contributed by atoms with Gasteiger partial charge in [0, 0.05) is 0 Å². The first kappa shape index (κ1) is 19.0. The summed E-state index contributed by atoms with van der Waals surface area (Å²) in [6, 6.07) is 13.2. The maximum Gasteiger partial charge on any atom is 0.280 e. The van der Waals surface area contributed by atoms with E-state index in [1.165, 1.54) is 5.56 Å². The summed E-state index contributed by atoms with van der Waals surface area (Å²) in [7, 11) is 1.60. The van der Waals surface area contributed by atoms with E-state index in [4.69, 9.17) is 9.47 Å². The number of hydrogen-bond donors (Lipinski definition) is 1. The van der Waals surface area contributed by atoms with E-state index < -0.39 is 6.10 Å². The molecule has 0 spiro atoms. The van der Waals surface area contributed by atoms with Gasteiger partial charge in [-0.2, -0.15) is 5.10 Å². The van der Waals surface area contributed by atoms with Crippen molar-refractivity contribution in [3.8, 4) is 11.5 Å². The third-order valence-electron chi connectivity index (χ3n) is 3.58. The predicted octanol–water partition coefficient (Wildman–Crippen LogP) is 3.94. The highest BCUT2D eigenvalue weighted by atomic mass is 79.9. The number of rotatable bonds is 7. The van der Waals surface area contributed by atoms with Gasteiger partial charge in [0.1, 0.15) is 11.5 Å². The number of nitrogens with zero attached hydrogens (tertiary/aromatic N) is 1. The number of nitrogens with one attached hydrogen (secondary N) is 1. The number of benzene rings is 2. The molecule has 1 N–H and O–H groups in total. The lowest BCUT2D eigenvalue weighted by atomic mass is 10.2. The second kappa shape index (κ2) is 9.22. The fourth-order valence-electron chi connectivity index (χ4n) is 2.09. The first-order valence-electron chi connectivity index (χ1n) is 7.95. The van der Waals surface area contributed by atoms with Gasteiger partial charge in [-0.05, 0) is 70.7 Å². The fourth-order valence-corrected chi connectivity index (χ4v) is 2.64. The van der Waals surface area contributed by atoms with E-state index in [0.29, 0.717) is 5.75 Å². The van der Waals surface area contributed by atoms with Crippen LogP contribution in [0.15, 0.2) is 52.0 Å². The van der Waals surface area contributed by atoms with E-state index >= 15 is 0 Å². The van der Waals surface area contributed by atoms with Crippen molar-refractivity contribution < 1.29 is 14.3 Å². The summed E-state index contributed by atoms with van der Waals surface area (Å²) in [5.41, 5.74) is 4.53. The number of halogens is 1. The summed E-state index contributed by atoms with van der Waals surface area (Å²) in [5, 5.41) is 3.96. The van der Waals surface area contributed by atoms with Crippen LogP contribution in [-0.4, -0.2) is 25.3 Å². The topological polar surface area (TPSA) is 59.9 Å². The van der Waals surface area contributed by atoms with Gasteiger partial charge in [-0.1, -0.05) is 19.1 Å². The van der Waals surface area contributed by atoms with Gasteiger partial charge in [0.05, 0.1) is 17.8 Å².